The Morgan fingerprint density at radius 2 is 1.88 bits per heavy atom. The molecule has 0 aromatic heterocycles. The first-order valence-electron chi connectivity index (χ1n) is 5.65. The molecule has 16 heavy (non-hydrogen) atoms. The largest absolute Gasteiger partial charge is 0.375 e. The van der Waals surface area contributed by atoms with Crippen molar-refractivity contribution < 1.29 is 13.2 Å². The van der Waals surface area contributed by atoms with Gasteiger partial charge in [0.2, 0.25) is 10.0 Å². The lowest BCUT2D eigenvalue weighted by Gasteiger charge is -2.24. The van der Waals surface area contributed by atoms with Crippen molar-refractivity contribution in [1.82, 2.24) is 10.0 Å². The maximum atomic E-state index is 11.5. The van der Waals surface area contributed by atoms with Crippen LogP contribution in [0, 0.1) is 0 Å². The van der Waals surface area contributed by atoms with Crippen molar-refractivity contribution in [2.75, 3.05) is 32.0 Å². The van der Waals surface area contributed by atoms with E-state index in [4.69, 9.17) is 4.74 Å². The molecule has 0 fully saturated rings. The van der Waals surface area contributed by atoms with Crippen LogP contribution in [0.5, 0.6) is 0 Å². The van der Waals surface area contributed by atoms with Gasteiger partial charge in [0, 0.05) is 19.7 Å². The van der Waals surface area contributed by atoms with E-state index in [2.05, 4.69) is 10.0 Å². The highest BCUT2D eigenvalue weighted by Crippen LogP contribution is 2.07. The minimum absolute atomic E-state index is 0.100. The summed E-state index contributed by atoms with van der Waals surface area (Å²) in [4.78, 5) is 0. The zero-order valence-corrected chi connectivity index (χ0v) is 11.5. The molecule has 98 valence electrons. The van der Waals surface area contributed by atoms with E-state index in [0.717, 1.165) is 6.54 Å². The van der Waals surface area contributed by atoms with Crippen molar-refractivity contribution in [3.05, 3.63) is 0 Å². The monoisotopic (exact) mass is 252 g/mol. The average Bonchev–Trinajstić information content (AvgIpc) is 2.16. The summed E-state index contributed by atoms with van der Waals surface area (Å²) in [5.74, 6) is 0.100. The molecule has 0 rings (SSSR count). The molecule has 5 nitrogen and oxygen atoms in total. The molecule has 2 N–H and O–H groups in total. The van der Waals surface area contributed by atoms with Crippen LogP contribution in [0.2, 0.25) is 0 Å². The Bertz CT molecular complexity index is 276. The maximum absolute atomic E-state index is 11.5. The summed E-state index contributed by atoms with van der Waals surface area (Å²) in [5.41, 5.74) is -0.458. The Kier molecular flexibility index (Phi) is 7.14. The number of rotatable bonds is 9. The third-order valence-electron chi connectivity index (χ3n) is 2.05. The zero-order valence-electron chi connectivity index (χ0n) is 10.7. The fourth-order valence-electron chi connectivity index (χ4n) is 1.18. The summed E-state index contributed by atoms with van der Waals surface area (Å²) < 4.78 is 31.1. The predicted octanol–water partition coefficient (Wildman–Crippen LogP) is 0.330. The Hall–Kier alpha value is -0.170. The molecular formula is C10H24N2O3S. The van der Waals surface area contributed by atoms with Crippen molar-refractivity contribution in [2.45, 2.75) is 33.3 Å². The van der Waals surface area contributed by atoms with Crippen LogP contribution in [-0.4, -0.2) is 46.0 Å². The minimum Gasteiger partial charge on any atom is -0.375 e. The molecule has 0 aliphatic rings. The maximum Gasteiger partial charge on any atom is 0.212 e. The van der Waals surface area contributed by atoms with E-state index in [1.54, 1.807) is 0 Å². The first-order valence-corrected chi connectivity index (χ1v) is 7.30. The Balaban J connectivity index is 3.98. The molecule has 0 radical (unpaired) electrons. The van der Waals surface area contributed by atoms with Crippen LogP contribution in [0.15, 0.2) is 0 Å². The number of ether oxygens (including phenoxy) is 1. The van der Waals surface area contributed by atoms with Gasteiger partial charge in [-0.05, 0) is 27.3 Å². The summed E-state index contributed by atoms with van der Waals surface area (Å²) in [7, 11) is -3.20. The number of hydrogen-bond acceptors (Lipinski definition) is 4. The second-order valence-corrected chi connectivity index (χ2v) is 6.11. The summed E-state index contributed by atoms with van der Waals surface area (Å²) in [6.07, 6.45) is 0. The SMILES string of the molecule is CCNCCS(=O)(=O)NCC(C)(C)OCC. The van der Waals surface area contributed by atoms with Gasteiger partial charge < -0.3 is 10.1 Å². The summed E-state index contributed by atoms with van der Waals surface area (Å²) in [5, 5.41) is 2.98. The van der Waals surface area contributed by atoms with Gasteiger partial charge in [0.05, 0.1) is 11.4 Å². The highest BCUT2D eigenvalue weighted by atomic mass is 32.2. The van der Waals surface area contributed by atoms with E-state index in [9.17, 15) is 8.42 Å². The quantitative estimate of drug-likeness (QED) is 0.580. The van der Waals surface area contributed by atoms with Crippen molar-refractivity contribution >= 4 is 10.0 Å². The van der Waals surface area contributed by atoms with Crippen LogP contribution >= 0.6 is 0 Å². The third kappa shape index (κ3) is 8.04. The molecule has 0 aromatic carbocycles. The summed E-state index contributed by atoms with van der Waals surface area (Å²) >= 11 is 0. The molecule has 0 heterocycles. The van der Waals surface area contributed by atoms with E-state index in [1.807, 2.05) is 27.7 Å². The average molecular weight is 252 g/mol. The van der Waals surface area contributed by atoms with Gasteiger partial charge in [0.1, 0.15) is 0 Å². The highest BCUT2D eigenvalue weighted by Gasteiger charge is 2.20. The smallest absolute Gasteiger partial charge is 0.212 e. The fourth-order valence-corrected chi connectivity index (χ4v) is 2.31. The molecule has 0 atom stereocenters. The van der Waals surface area contributed by atoms with Crippen molar-refractivity contribution in [3.8, 4) is 0 Å². The fraction of sp³-hybridized carbons (Fsp3) is 1.00. The molecule has 0 aromatic rings. The van der Waals surface area contributed by atoms with Gasteiger partial charge in [0.25, 0.3) is 0 Å². The van der Waals surface area contributed by atoms with Crippen LogP contribution in [0.25, 0.3) is 0 Å². The minimum atomic E-state index is -3.20. The van der Waals surface area contributed by atoms with Gasteiger partial charge in [0.15, 0.2) is 0 Å². The zero-order chi connectivity index (χ0) is 12.7. The van der Waals surface area contributed by atoms with E-state index >= 15 is 0 Å². The molecule has 0 aliphatic carbocycles. The Morgan fingerprint density at radius 1 is 1.25 bits per heavy atom. The molecule has 0 bridgehead atoms. The standard InChI is InChI=1S/C10H24N2O3S/c1-5-11-7-8-16(13,14)12-9-10(3,4)15-6-2/h11-12H,5-9H2,1-4H3. The first kappa shape index (κ1) is 15.8. The van der Waals surface area contributed by atoms with Gasteiger partial charge in [-0.1, -0.05) is 6.92 Å². The second-order valence-electron chi connectivity index (χ2n) is 4.19. The van der Waals surface area contributed by atoms with Gasteiger partial charge in [-0.3, -0.25) is 0 Å². The number of hydrogen-bond donors (Lipinski definition) is 2. The molecule has 0 saturated heterocycles. The molecule has 0 unspecified atom stereocenters. The van der Waals surface area contributed by atoms with Gasteiger partial charge in [-0.2, -0.15) is 0 Å². The van der Waals surface area contributed by atoms with Crippen LogP contribution in [0.3, 0.4) is 0 Å². The van der Waals surface area contributed by atoms with Crippen molar-refractivity contribution in [3.63, 3.8) is 0 Å². The van der Waals surface area contributed by atoms with Gasteiger partial charge in [-0.15, -0.1) is 0 Å². The van der Waals surface area contributed by atoms with E-state index < -0.39 is 15.6 Å². The summed E-state index contributed by atoms with van der Waals surface area (Å²) in [6.45, 7) is 9.69. The van der Waals surface area contributed by atoms with Crippen LogP contribution in [0.1, 0.15) is 27.7 Å². The van der Waals surface area contributed by atoms with E-state index in [0.29, 0.717) is 19.7 Å². The lowest BCUT2D eigenvalue weighted by Crippen LogP contribution is -2.42. The van der Waals surface area contributed by atoms with Crippen LogP contribution < -0.4 is 10.0 Å². The normalized spacial score (nSPS) is 13.0. The van der Waals surface area contributed by atoms with Gasteiger partial charge in [-0.25, -0.2) is 13.1 Å². The predicted molar refractivity (Wildman–Crippen MR) is 66.0 cm³/mol. The second kappa shape index (κ2) is 7.21. The van der Waals surface area contributed by atoms with Crippen LogP contribution in [-0.2, 0) is 14.8 Å². The molecule has 0 spiro atoms. The molecule has 0 saturated carbocycles. The third-order valence-corrected chi connectivity index (χ3v) is 3.38. The Morgan fingerprint density at radius 3 is 2.38 bits per heavy atom. The molecule has 6 heteroatoms. The number of nitrogens with one attached hydrogen (secondary N) is 2. The highest BCUT2D eigenvalue weighted by molar-refractivity contribution is 7.89. The van der Waals surface area contributed by atoms with Gasteiger partial charge >= 0.3 is 0 Å². The molecule has 0 aliphatic heterocycles. The molecule has 0 amide bonds. The molecular weight excluding hydrogens is 228 g/mol. The summed E-state index contributed by atoms with van der Waals surface area (Å²) in [6, 6.07) is 0. The lowest BCUT2D eigenvalue weighted by atomic mass is 10.1. The number of sulfonamides is 1. The van der Waals surface area contributed by atoms with Crippen molar-refractivity contribution in [1.29, 1.82) is 0 Å². The lowest BCUT2D eigenvalue weighted by molar-refractivity contribution is -0.00514. The van der Waals surface area contributed by atoms with E-state index in [-0.39, 0.29) is 5.75 Å². The van der Waals surface area contributed by atoms with E-state index in [1.165, 1.54) is 0 Å². The topological polar surface area (TPSA) is 67.4 Å². The Labute approximate surface area is 99.0 Å². The van der Waals surface area contributed by atoms with Crippen LogP contribution in [0.4, 0.5) is 0 Å². The van der Waals surface area contributed by atoms with Crippen molar-refractivity contribution in [2.24, 2.45) is 0 Å². The first-order chi connectivity index (χ1) is 7.33.